The van der Waals surface area contributed by atoms with Gasteiger partial charge in [-0.15, -0.1) is 0 Å². The van der Waals surface area contributed by atoms with E-state index in [0.717, 1.165) is 31.5 Å². The van der Waals surface area contributed by atoms with Crippen LogP contribution in [0.15, 0.2) is 18.5 Å². The molecule has 0 aliphatic carbocycles. The zero-order chi connectivity index (χ0) is 15.2. The number of hydrogen-bond acceptors (Lipinski definition) is 3. The first kappa shape index (κ1) is 16.5. The van der Waals surface area contributed by atoms with Gasteiger partial charge in [0.1, 0.15) is 0 Å². The van der Waals surface area contributed by atoms with E-state index < -0.39 is 0 Å². The lowest BCUT2D eigenvalue weighted by Crippen LogP contribution is -2.57. The molecule has 1 aromatic heterocycles. The normalized spacial score (nSPS) is 24.1. The fraction of sp³-hybridized carbons (Fsp3) is 0.824. The van der Waals surface area contributed by atoms with Gasteiger partial charge in [0.05, 0.1) is 6.54 Å². The molecule has 120 valence electrons. The molecule has 0 bridgehead atoms. The monoisotopic (exact) mass is 292 g/mol. The summed E-state index contributed by atoms with van der Waals surface area (Å²) in [5.74, 6) is 1.52. The van der Waals surface area contributed by atoms with Crippen molar-refractivity contribution in [2.75, 3.05) is 19.6 Å². The van der Waals surface area contributed by atoms with E-state index in [1.165, 1.54) is 19.4 Å². The molecule has 0 amide bonds. The number of hydrogen-bond donors (Lipinski definition) is 1. The molecular weight excluding hydrogens is 260 g/mol. The van der Waals surface area contributed by atoms with Gasteiger partial charge in [-0.1, -0.05) is 27.7 Å². The van der Waals surface area contributed by atoms with E-state index in [1.807, 2.05) is 16.9 Å². The van der Waals surface area contributed by atoms with Crippen molar-refractivity contribution in [2.45, 2.75) is 59.2 Å². The Kier molecular flexibility index (Phi) is 6.24. The Morgan fingerprint density at radius 1 is 1.14 bits per heavy atom. The molecule has 1 aliphatic heterocycles. The van der Waals surface area contributed by atoms with Gasteiger partial charge < -0.3 is 5.32 Å². The van der Waals surface area contributed by atoms with Gasteiger partial charge in [0.2, 0.25) is 0 Å². The van der Waals surface area contributed by atoms with Crippen LogP contribution in [0.4, 0.5) is 0 Å². The maximum absolute atomic E-state index is 4.33. The van der Waals surface area contributed by atoms with Gasteiger partial charge in [-0.2, -0.15) is 5.10 Å². The van der Waals surface area contributed by atoms with Crippen molar-refractivity contribution in [1.29, 1.82) is 0 Å². The summed E-state index contributed by atoms with van der Waals surface area (Å²) in [5.41, 5.74) is 0. The summed E-state index contributed by atoms with van der Waals surface area (Å²) in [6, 6.07) is 3.32. The average Bonchev–Trinajstić information content (AvgIpc) is 2.90. The first-order valence-electron chi connectivity index (χ1n) is 8.49. The average molecular weight is 292 g/mol. The minimum atomic E-state index is 0.644. The minimum Gasteiger partial charge on any atom is -0.311 e. The van der Waals surface area contributed by atoms with Crippen LogP contribution in [-0.2, 0) is 6.54 Å². The van der Waals surface area contributed by atoms with Crippen LogP contribution in [-0.4, -0.2) is 46.4 Å². The highest BCUT2D eigenvalue weighted by Gasteiger charge is 2.28. The Morgan fingerprint density at radius 2 is 1.90 bits per heavy atom. The highest BCUT2D eigenvalue weighted by atomic mass is 15.3. The number of nitrogens with zero attached hydrogens (tertiary/aromatic N) is 3. The topological polar surface area (TPSA) is 33.1 Å². The van der Waals surface area contributed by atoms with Gasteiger partial charge in [0, 0.05) is 44.1 Å². The third-order valence-corrected chi connectivity index (χ3v) is 4.29. The van der Waals surface area contributed by atoms with Crippen LogP contribution in [0.25, 0.3) is 0 Å². The van der Waals surface area contributed by atoms with Crippen LogP contribution >= 0.6 is 0 Å². The quantitative estimate of drug-likeness (QED) is 0.838. The third kappa shape index (κ3) is 5.44. The predicted octanol–water partition coefficient (Wildman–Crippen LogP) is 2.62. The van der Waals surface area contributed by atoms with Crippen LogP contribution in [0, 0.1) is 11.8 Å². The molecule has 0 spiro atoms. The molecule has 2 atom stereocenters. The Labute approximate surface area is 129 Å². The second-order valence-electron chi connectivity index (χ2n) is 7.28. The Balaban J connectivity index is 1.91. The molecule has 0 radical (unpaired) electrons. The van der Waals surface area contributed by atoms with Crippen molar-refractivity contribution in [3.63, 3.8) is 0 Å². The van der Waals surface area contributed by atoms with Crippen LogP contribution in [0.2, 0.25) is 0 Å². The summed E-state index contributed by atoms with van der Waals surface area (Å²) in [6.07, 6.45) is 6.48. The molecule has 21 heavy (non-hydrogen) atoms. The van der Waals surface area contributed by atoms with E-state index >= 15 is 0 Å². The van der Waals surface area contributed by atoms with E-state index in [4.69, 9.17) is 0 Å². The maximum atomic E-state index is 4.33. The largest absolute Gasteiger partial charge is 0.311 e. The Morgan fingerprint density at radius 3 is 2.52 bits per heavy atom. The molecule has 1 aromatic rings. The zero-order valence-electron chi connectivity index (χ0n) is 14.1. The first-order chi connectivity index (χ1) is 10.0. The van der Waals surface area contributed by atoms with Crippen molar-refractivity contribution in [3.05, 3.63) is 18.5 Å². The lowest BCUT2D eigenvalue weighted by atomic mass is 9.95. The highest BCUT2D eigenvalue weighted by Crippen LogP contribution is 2.18. The van der Waals surface area contributed by atoms with Crippen LogP contribution in [0.3, 0.4) is 0 Å². The van der Waals surface area contributed by atoms with E-state index in [0.29, 0.717) is 12.1 Å². The van der Waals surface area contributed by atoms with Crippen molar-refractivity contribution in [3.8, 4) is 0 Å². The highest BCUT2D eigenvalue weighted by molar-refractivity contribution is 4.87. The van der Waals surface area contributed by atoms with Gasteiger partial charge >= 0.3 is 0 Å². The van der Waals surface area contributed by atoms with Crippen molar-refractivity contribution in [2.24, 2.45) is 11.8 Å². The molecule has 1 saturated heterocycles. The van der Waals surface area contributed by atoms with Crippen molar-refractivity contribution in [1.82, 2.24) is 20.0 Å². The molecular formula is C17H32N4. The standard InChI is InChI=1S/C17H32N4/c1-14(2)10-16-13-20(8-9-21-7-5-6-19-21)17(12-18-16)11-15(3)4/h5-7,14-18H,8-13H2,1-4H3. The summed E-state index contributed by atoms with van der Waals surface area (Å²) in [7, 11) is 0. The fourth-order valence-corrected chi connectivity index (χ4v) is 3.37. The molecule has 2 unspecified atom stereocenters. The lowest BCUT2D eigenvalue weighted by molar-refractivity contribution is 0.102. The Bertz CT molecular complexity index is 386. The van der Waals surface area contributed by atoms with Crippen molar-refractivity contribution < 1.29 is 0 Å². The SMILES string of the molecule is CC(C)CC1CN(CCn2cccn2)C(CC(C)C)CN1. The van der Waals surface area contributed by atoms with Gasteiger partial charge in [0.15, 0.2) is 0 Å². The summed E-state index contributed by atoms with van der Waals surface area (Å²) in [4.78, 5) is 2.69. The van der Waals surface area contributed by atoms with E-state index in [9.17, 15) is 0 Å². The summed E-state index contributed by atoms with van der Waals surface area (Å²) >= 11 is 0. The molecule has 0 aromatic carbocycles. The second kappa shape index (κ2) is 7.95. The molecule has 1 fully saturated rings. The van der Waals surface area contributed by atoms with Gasteiger partial charge in [-0.25, -0.2) is 0 Å². The summed E-state index contributed by atoms with van der Waals surface area (Å²) in [5, 5.41) is 8.09. The number of aromatic nitrogens is 2. The van der Waals surface area contributed by atoms with Gasteiger partial charge in [-0.3, -0.25) is 9.58 Å². The van der Waals surface area contributed by atoms with Crippen LogP contribution < -0.4 is 5.32 Å². The predicted molar refractivity (Wildman–Crippen MR) is 88.3 cm³/mol. The fourth-order valence-electron chi connectivity index (χ4n) is 3.37. The summed E-state index contributed by atoms with van der Waals surface area (Å²) < 4.78 is 2.05. The Hall–Kier alpha value is -0.870. The molecule has 2 rings (SSSR count). The number of rotatable bonds is 7. The second-order valence-corrected chi connectivity index (χ2v) is 7.28. The van der Waals surface area contributed by atoms with Crippen molar-refractivity contribution >= 4 is 0 Å². The van der Waals surface area contributed by atoms with Crippen LogP contribution in [0.1, 0.15) is 40.5 Å². The van der Waals surface area contributed by atoms with Gasteiger partial charge in [-0.05, 0) is 30.7 Å². The van der Waals surface area contributed by atoms with E-state index in [-0.39, 0.29) is 0 Å². The smallest absolute Gasteiger partial charge is 0.0536 e. The molecule has 4 heteroatoms. The molecule has 4 nitrogen and oxygen atoms in total. The third-order valence-electron chi connectivity index (χ3n) is 4.29. The number of piperazine rings is 1. The van der Waals surface area contributed by atoms with E-state index in [1.54, 1.807) is 0 Å². The maximum Gasteiger partial charge on any atom is 0.0536 e. The van der Waals surface area contributed by atoms with Gasteiger partial charge in [0.25, 0.3) is 0 Å². The first-order valence-corrected chi connectivity index (χ1v) is 8.49. The lowest BCUT2D eigenvalue weighted by Gasteiger charge is -2.41. The zero-order valence-corrected chi connectivity index (χ0v) is 14.1. The molecule has 2 heterocycles. The minimum absolute atomic E-state index is 0.644. The van der Waals surface area contributed by atoms with E-state index in [2.05, 4.69) is 49.2 Å². The number of nitrogens with one attached hydrogen (secondary N) is 1. The summed E-state index contributed by atoms with van der Waals surface area (Å²) in [6.45, 7) is 13.7. The molecule has 0 saturated carbocycles. The molecule has 1 N–H and O–H groups in total. The van der Waals surface area contributed by atoms with Crippen LogP contribution in [0.5, 0.6) is 0 Å². The molecule has 1 aliphatic rings.